The minimum atomic E-state index is -0.720. The van der Waals surface area contributed by atoms with Crippen molar-refractivity contribution in [3.63, 3.8) is 0 Å². The van der Waals surface area contributed by atoms with Crippen LogP contribution in [0.25, 0.3) is 0 Å². The van der Waals surface area contributed by atoms with Crippen LogP contribution in [0.4, 0.5) is 30.2 Å². The number of nitrogens with one attached hydrogen (secondary N) is 1. The molecular formula is C12H9F3N2. The Balaban J connectivity index is 2.34. The summed E-state index contributed by atoms with van der Waals surface area (Å²) in [5, 5.41) is 2.65. The van der Waals surface area contributed by atoms with Crippen LogP contribution in [-0.2, 0) is 0 Å². The van der Waals surface area contributed by atoms with E-state index in [2.05, 4.69) is 5.32 Å². The van der Waals surface area contributed by atoms with E-state index in [0.29, 0.717) is 0 Å². The number of nitrogen functional groups attached to an aromatic ring is 1. The fourth-order valence-corrected chi connectivity index (χ4v) is 1.43. The zero-order valence-electron chi connectivity index (χ0n) is 8.68. The standard InChI is InChI=1S/C12H9F3N2/c13-7-4-8(14)6-9(5-7)17-11-3-1-2-10(15)12(11)16/h1-6,17H,16H2. The largest absolute Gasteiger partial charge is 0.395 e. The van der Waals surface area contributed by atoms with Crippen molar-refractivity contribution in [2.24, 2.45) is 0 Å². The highest BCUT2D eigenvalue weighted by Crippen LogP contribution is 2.25. The second-order valence-electron chi connectivity index (χ2n) is 3.48. The van der Waals surface area contributed by atoms with Crippen LogP contribution in [0.5, 0.6) is 0 Å². The average molecular weight is 238 g/mol. The van der Waals surface area contributed by atoms with Gasteiger partial charge in [-0.05, 0) is 24.3 Å². The van der Waals surface area contributed by atoms with E-state index in [1.807, 2.05) is 0 Å². The molecule has 17 heavy (non-hydrogen) atoms. The summed E-state index contributed by atoms with van der Waals surface area (Å²) in [6, 6.07) is 7.10. The van der Waals surface area contributed by atoms with E-state index in [-0.39, 0.29) is 17.1 Å². The van der Waals surface area contributed by atoms with Crippen LogP contribution in [-0.4, -0.2) is 0 Å². The number of benzene rings is 2. The predicted molar refractivity (Wildman–Crippen MR) is 60.5 cm³/mol. The van der Waals surface area contributed by atoms with Crippen LogP contribution in [0.1, 0.15) is 0 Å². The Morgan fingerprint density at radius 2 is 1.59 bits per heavy atom. The van der Waals surface area contributed by atoms with Crippen molar-refractivity contribution in [3.8, 4) is 0 Å². The van der Waals surface area contributed by atoms with Crippen molar-refractivity contribution >= 4 is 17.1 Å². The monoisotopic (exact) mass is 238 g/mol. The van der Waals surface area contributed by atoms with Gasteiger partial charge in [-0.1, -0.05) is 6.07 Å². The molecule has 0 aliphatic carbocycles. The first-order valence-corrected chi connectivity index (χ1v) is 4.83. The molecule has 0 amide bonds. The first-order chi connectivity index (χ1) is 8.06. The molecular weight excluding hydrogens is 229 g/mol. The van der Waals surface area contributed by atoms with Gasteiger partial charge in [0, 0.05) is 11.8 Å². The molecule has 0 saturated carbocycles. The van der Waals surface area contributed by atoms with Gasteiger partial charge in [0.15, 0.2) is 0 Å². The van der Waals surface area contributed by atoms with Gasteiger partial charge >= 0.3 is 0 Å². The maximum Gasteiger partial charge on any atom is 0.148 e. The van der Waals surface area contributed by atoms with Crippen molar-refractivity contribution < 1.29 is 13.2 Å². The Hall–Kier alpha value is -2.17. The van der Waals surface area contributed by atoms with Crippen molar-refractivity contribution in [1.82, 2.24) is 0 Å². The number of hydrogen-bond acceptors (Lipinski definition) is 2. The summed E-state index contributed by atoms with van der Waals surface area (Å²) in [4.78, 5) is 0. The summed E-state index contributed by atoms with van der Waals surface area (Å²) in [5.74, 6) is -2.03. The smallest absolute Gasteiger partial charge is 0.148 e. The molecule has 0 radical (unpaired) electrons. The summed E-state index contributed by atoms with van der Waals surface area (Å²) < 4.78 is 39.0. The highest BCUT2D eigenvalue weighted by Gasteiger charge is 2.06. The van der Waals surface area contributed by atoms with E-state index >= 15 is 0 Å². The summed E-state index contributed by atoms with van der Waals surface area (Å²) in [7, 11) is 0. The molecule has 5 heteroatoms. The number of hydrogen-bond donors (Lipinski definition) is 2. The lowest BCUT2D eigenvalue weighted by Gasteiger charge is -2.09. The van der Waals surface area contributed by atoms with E-state index in [0.717, 1.165) is 18.2 Å². The predicted octanol–water partition coefficient (Wildman–Crippen LogP) is 3.43. The Morgan fingerprint density at radius 3 is 2.24 bits per heavy atom. The van der Waals surface area contributed by atoms with Crippen LogP contribution in [0.2, 0.25) is 0 Å². The molecule has 0 saturated heterocycles. The summed E-state index contributed by atoms with van der Waals surface area (Å²) >= 11 is 0. The van der Waals surface area contributed by atoms with Gasteiger partial charge in [0.25, 0.3) is 0 Å². The summed E-state index contributed by atoms with van der Waals surface area (Å²) in [5.41, 5.74) is 5.81. The third-order valence-corrected chi connectivity index (χ3v) is 2.19. The summed E-state index contributed by atoms with van der Waals surface area (Å²) in [6.45, 7) is 0. The fraction of sp³-hybridized carbons (Fsp3) is 0. The highest BCUT2D eigenvalue weighted by atomic mass is 19.1. The van der Waals surface area contributed by atoms with Crippen LogP contribution < -0.4 is 11.1 Å². The Labute approximate surface area is 95.9 Å². The van der Waals surface area contributed by atoms with E-state index in [9.17, 15) is 13.2 Å². The number of anilines is 3. The molecule has 0 aromatic heterocycles. The van der Waals surface area contributed by atoms with Crippen molar-refractivity contribution in [3.05, 3.63) is 53.8 Å². The zero-order valence-corrected chi connectivity index (χ0v) is 8.68. The van der Waals surface area contributed by atoms with Gasteiger partial charge in [-0.15, -0.1) is 0 Å². The highest BCUT2D eigenvalue weighted by molar-refractivity contribution is 5.72. The first kappa shape index (κ1) is 11.3. The lowest BCUT2D eigenvalue weighted by molar-refractivity contribution is 0.584. The molecule has 0 atom stereocenters. The normalized spacial score (nSPS) is 10.3. The Kier molecular flexibility index (Phi) is 2.91. The second-order valence-corrected chi connectivity index (χ2v) is 3.48. The van der Waals surface area contributed by atoms with Crippen LogP contribution in [0.15, 0.2) is 36.4 Å². The van der Waals surface area contributed by atoms with Gasteiger partial charge in [0.2, 0.25) is 0 Å². The molecule has 0 aliphatic rings. The lowest BCUT2D eigenvalue weighted by atomic mass is 10.2. The van der Waals surface area contributed by atoms with Crippen LogP contribution >= 0.6 is 0 Å². The number of nitrogens with two attached hydrogens (primary N) is 1. The van der Waals surface area contributed by atoms with E-state index in [1.165, 1.54) is 18.2 Å². The quantitative estimate of drug-likeness (QED) is 0.786. The van der Waals surface area contributed by atoms with Gasteiger partial charge in [-0.2, -0.15) is 0 Å². The van der Waals surface area contributed by atoms with Gasteiger partial charge in [0.1, 0.15) is 17.5 Å². The third kappa shape index (κ3) is 2.50. The van der Waals surface area contributed by atoms with Crippen LogP contribution in [0.3, 0.4) is 0 Å². The van der Waals surface area contributed by atoms with Gasteiger partial charge < -0.3 is 11.1 Å². The molecule has 0 bridgehead atoms. The van der Waals surface area contributed by atoms with Crippen molar-refractivity contribution in [2.45, 2.75) is 0 Å². The second kappa shape index (κ2) is 4.37. The minimum Gasteiger partial charge on any atom is -0.395 e. The molecule has 2 nitrogen and oxygen atoms in total. The van der Waals surface area contributed by atoms with Crippen LogP contribution in [0, 0.1) is 17.5 Å². The number of para-hydroxylation sites is 1. The van der Waals surface area contributed by atoms with Gasteiger partial charge in [-0.3, -0.25) is 0 Å². The lowest BCUT2D eigenvalue weighted by Crippen LogP contribution is -1.99. The minimum absolute atomic E-state index is 0.0998. The average Bonchev–Trinajstić information content (AvgIpc) is 2.23. The summed E-state index contributed by atoms with van der Waals surface area (Å²) in [6.07, 6.45) is 0. The van der Waals surface area contributed by atoms with E-state index < -0.39 is 17.5 Å². The molecule has 2 rings (SSSR count). The third-order valence-electron chi connectivity index (χ3n) is 2.19. The Bertz CT molecular complexity index is 535. The molecule has 2 aromatic carbocycles. The fourth-order valence-electron chi connectivity index (χ4n) is 1.43. The van der Waals surface area contributed by atoms with Crippen molar-refractivity contribution in [2.75, 3.05) is 11.1 Å². The molecule has 0 heterocycles. The van der Waals surface area contributed by atoms with Gasteiger partial charge in [-0.25, -0.2) is 13.2 Å². The van der Waals surface area contributed by atoms with E-state index in [4.69, 9.17) is 5.73 Å². The molecule has 3 N–H and O–H groups in total. The maximum absolute atomic E-state index is 13.1. The molecule has 0 aliphatic heterocycles. The van der Waals surface area contributed by atoms with Crippen molar-refractivity contribution in [1.29, 1.82) is 0 Å². The number of halogens is 3. The maximum atomic E-state index is 13.1. The molecule has 0 spiro atoms. The van der Waals surface area contributed by atoms with Gasteiger partial charge in [0.05, 0.1) is 11.4 Å². The number of rotatable bonds is 2. The molecule has 88 valence electrons. The SMILES string of the molecule is Nc1c(F)cccc1Nc1cc(F)cc(F)c1. The molecule has 0 unspecified atom stereocenters. The molecule has 2 aromatic rings. The zero-order chi connectivity index (χ0) is 12.4. The van der Waals surface area contributed by atoms with E-state index in [1.54, 1.807) is 0 Å². The first-order valence-electron chi connectivity index (χ1n) is 4.83. The molecule has 0 fully saturated rings. The topological polar surface area (TPSA) is 38.0 Å². The Morgan fingerprint density at radius 1 is 0.941 bits per heavy atom.